The van der Waals surface area contributed by atoms with Gasteiger partial charge in [-0.1, -0.05) is 11.6 Å². The van der Waals surface area contributed by atoms with Crippen molar-refractivity contribution in [3.05, 3.63) is 53.1 Å². The lowest BCUT2D eigenvalue weighted by Gasteiger charge is -2.07. The van der Waals surface area contributed by atoms with Gasteiger partial charge >= 0.3 is 0 Å². The number of halogens is 2. The number of hydrogen-bond donors (Lipinski definition) is 1. The SMILES string of the molecule is COc1ccc(C(=O)Nc2ccnc(Cl)c2)c(F)c1. The van der Waals surface area contributed by atoms with E-state index in [4.69, 9.17) is 16.3 Å². The molecule has 98 valence electrons. The van der Waals surface area contributed by atoms with Crippen LogP contribution in [-0.4, -0.2) is 18.0 Å². The van der Waals surface area contributed by atoms with Crippen molar-refractivity contribution >= 4 is 23.2 Å². The molecule has 0 aliphatic carbocycles. The molecule has 0 fully saturated rings. The molecule has 0 atom stereocenters. The molecule has 1 N–H and O–H groups in total. The Labute approximate surface area is 114 Å². The molecule has 2 aromatic rings. The van der Waals surface area contributed by atoms with E-state index in [1.165, 1.54) is 31.5 Å². The monoisotopic (exact) mass is 280 g/mol. The van der Waals surface area contributed by atoms with Crippen LogP contribution in [0.15, 0.2) is 36.5 Å². The van der Waals surface area contributed by atoms with Gasteiger partial charge in [0, 0.05) is 18.0 Å². The van der Waals surface area contributed by atoms with E-state index in [-0.39, 0.29) is 10.7 Å². The average Bonchev–Trinajstić information content (AvgIpc) is 2.38. The highest BCUT2D eigenvalue weighted by molar-refractivity contribution is 6.29. The van der Waals surface area contributed by atoms with E-state index in [9.17, 15) is 9.18 Å². The molecule has 0 aliphatic rings. The van der Waals surface area contributed by atoms with Crippen LogP contribution >= 0.6 is 11.6 Å². The molecule has 0 aliphatic heterocycles. The number of nitrogens with one attached hydrogen (secondary N) is 1. The second-order valence-electron chi connectivity index (χ2n) is 3.67. The molecule has 6 heteroatoms. The number of amides is 1. The van der Waals surface area contributed by atoms with Crippen molar-refractivity contribution < 1.29 is 13.9 Å². The number of aromatic nitrogens is 1. The van der Waals surface area contributed by atoms with Crippen LogP contribution in [0.2, 0.25) is 5.15 Å². The lowest BCUT2D eigenvalue weighted by Crippen LogP contribution is -2.13. The summed E-state index contributed by atoms with van der Waals surface area (Å²) in [6, 6.07) is 7.05. The zero-order valence-corrected chi connectivity index (χ0v) is 10.7. The Balaban J connectivity index is 2.20. The van der Waals surface area contributed by atoms with Gasteiger partial charge in [-0.15, -0.1) is 0 Å². The fourth-order valence-electron chi connectivity index (χ4n) is 1.49. The van der Waals surface area contributed by atoms with Crippen molar-refractivity contribution in [1.29, 1.82) is 0 Å². The molecular formula is C13H10ClFN2O2. The van der Waals surface area contributed by atoms with Crippen LogP contribution in [-0.2, 0) is 0 Å². The summed E-state index contributed by atoms with van der Waals surface area (Å²) in [5, 5.41) is 2.78. The van der Waals surface area contributed by atoms with Gasteiger partial charge in [0.05, 0.1) is 12.7 Å². The first kappa shape index (κ1) is 13.3. The summed E-state index contributed by atoms with van der Waals surface area (Å²) < 4.78 is 18.6. The van der Waals surface area contributed by atoms with E-state index in [0.29, 0.717) is 11.4 Å². The second-order valence-corrected chi connectivity index (χ2v) is 4.05. The quantitative estimate of drug-likeness (QED) is 0.879. The largest absolute Gasteiger partial charge is 0.497 e. The minimum Gasteiger partial charge on any atom is -0.497 e. The fraction of sp³-hybridized carbons (Fsp3) is 0.0769. The first-order valence-corrected chi connectivity index (χ1v) is 5.74. The first-order valence-electron chi connectivity index (χ1n) is 5.36. The van der Waals surface area contributed by atoms with E-state index in [1.54, 1.807) is 6.07 Å². The van der Waals surface area contributed by atoms with Crippen LogP contribution < -0.4 is 10.1 Å². The molecule has 1 aromatic heterocycles. The van der Waals surface area contributed by atoms with Gasteiger partial charge in [0.2, 0.25) is 0 Å². The number of nitrogens with zero attached hydrogens (tertiary/aromatic N) is 1. The Kier molecular flexibility index (Phi) is 3.97. The second kappa shape index (κ2) is 5.67. The lowest BCUT2D eigenvalue weighted by molar-refractivity contribution is 0.102. The third kappa shape index (κ3) is 3.20. The number of hydrogen-bond acceptors (Lipinski definition) is 3. The summed E-state index contributed by atoms with van der Waals surface area (Å²) in [4.78, 5) is 15.7. The zero-order chi connectivity index (χ0) is 13.8. The van der Waals surface area contributed by atoms with Crippen LogP contribution in [0.1, 0.15) is 10.4 Å². The normalized spacial score (nSPS) is 10.1. The molecule has 4 nitrogen and oxygen atoms in total. The number of carbonyl (C=O) groups excluding carboxylic acids is 1. The smallest absolute Gasteiger partial charge is 0.258 e. The number of ether oxygens (including phenoxy) is 1. The van der Waals surface area contributed by atoms with Crippen LogP contribution in [0.5, 0.6) is 5.75 Å². The average molecular weight is 281 g/mol. The zero-order valence-electron chi connectivity index (χ0n) is 9.98. The number of anilines is 1. The van der Waals surface area contributed by atoms with E-state index in [1.807, 2.05) is 0 Å². The summed E-state index contributed by atoms with van der Waals surface area (Å²) in [7, 11) is 1.42. The highest BCUT2D eigenvalue weighted by Crippen LogP contribution is 2.18. The highest BCUT2D eigenvalue weighted by Gasteiger charge is 2.13. The van der Waals surface area contributed by atoms with Gasteiger partial charge in [0.1, 0.15) is 16.7 Å². The number of benzene rings is 1. The van der Waals surface area contributed by atoms with Crippen molar-refractivity contribution in [3.63, 3.8) is 0 Å². The minimum atomic E-state index is -0.656. The van der Waals surface area contributed by atoms with E-state index >= 15 is 0 Å². The van der Waals surface area contributed by atoms with Crippen molar-refractivity contribution in [3.8, 4) is 5.75 Å². The van der Waals surface area contributed by atoms with Crippen LogP contribution in [0.3, 0.4) is 0 Å². The van der Waals surface area contributed by atoms with E-state index < -0.39 is 11.7 Å². The maximum absolute atomic E-state index is 13.7. The number of methoxy groups -OCH3 is 1. The summed E-state index contributed by atoms with van der Waals surface area (Å²) in [6.07, 6.45) is 1.45. The molecule has 0 unspecified atom stereocenters. The Morgan fingerprint density at radius 3 is 2.79 bits per heavy atom. The van der Waals surface area contributed by atoms with Crippen molar-refractivity contribution in [2.45, 2.75) is 0 Å². The molecule has 0 saturated heterocycles. The maximum atomic E-state index is 13.7. The van der Waals surface area contributed by atoms with Gasteiger partial charge in [0.25, 0.3) is 5.91 Å². The topological polar surface area (TPSA) is 51.2 Å². The van der Waals surface area contributed by atoms with Crippen molar-refractivity contribution in [2.75, 3.05) is 12.4 Å². The maximum Gasteiger partial charge on any atom is 0.258 e. The molecule has 1 amide bonds. The van der Waals surface area contributed by atoms with E-state index in [2.05, 4.69) is 10.3 Å². The van der Waals surface area contributed by atoms with Gasteiger partial charge in [0.15, 0.2) is 0 Å². The van der Waals surface area contributed by atoms with Crippen LogP contribution in [0.25, 0.3) is 0 Å². The Hall–Kier alpha value is -2.14. The highest BCUT2D eigenvalue weighted by atomic mass is 35.5. The molecule has 0 saturated carbocycles. The standard InChI is InChI=1S/C13H10ClFN2O2/c1-19-9-2-3-10(11(15)7-9)13(18)17-8-4-5-16-12(14)6-8/h2-7H,1H3,(H,16,17,18). The Morgan fingerprint density at radius 1 is 1.37 bits per heavy atom. The molecule has 1 aromatic carbocycles. The number of pyridine rings is 1. The first-order chi connectivity index (χ1) is 9.10. The summed E-state index contributed by atoms with van der Waals surface area (Å²) >= 11 is 5.69. The predicted octanol–water partition coefficient (Wildman–Crippen LogP) is 3.14. The summed E-state index contributed by atoms with van der Waals surface area (Å²) in [5.41, 5.74) is 0.369. The van der Waals surface area contributed by atoms with Crippen LogP contribution in [0.4, 0.5) is 10.1 Å². The van der Waals surface area contributed by atoms with Crippen LogP contribution in [0, 0.1) is 5.82 Å². The molecule has 1 heterocycles. The minimum absolute atomic E-state index is 0.0752. The Bertz CT molecular complexity index is 619. The lowest BCUT2D eigenvalue weighted by atomic mass is 10.2. The van der Waals surface area contributed by atoms with Gasteiger partial charge in [-0.3, -0.25) is 4.79 Å². The van der Waals surface area contributed by atoms with Gasteiger partial charge in [-0.25, -0.2) is 9.37 Å². The summed E-state index contributed by atoms with van der Waals surface area (Å²) in [5.74, 6) is -0.875. The van der Waals surface area contributed by atoms with E-state index in [0.717, 1.165) is 6.07 Å². The molecule has 19 heavy (non-hydrogen) atoms. The molecule has 0 radical (unpaired) electrons. The molecule has 0 spiro atoms. The summed E-state index contributed by atoms with van der Waals surface area (Å²) in [6.45, 7) is 0. The van der Waals surface area contributed by atoms with Gasteiger partial charge in [-0.05, 0) is 24.3 Å². The Morgan fingerprint density at radius 2 is 2.16 bits per heavy atom. The molecule has 0 bridgehead atoms. The number of carbonyl (C=O) groups is 1. The van der Waals surface area contributed by atoms with Crippen molar-refractivity contribution in [1.82, 2.24) is 4.98 Å². The third-order valence-corrected chi connectivity index (χ3v) is 2.61. The number of rotatable bonds is 3. The molecular weight excluding hydrogens is 271 g/mol. The fourth-order valence-corrected chi connectivity index (χ4v) is 1.66. The van der Waals surface area contributed by atoms with Crippen molar-refractivity contribution in [2.24, 2.45) is 0 Å². The molecule has 2 rings (SSSR count). The van der Waals surface area contributed by atoms with Gasteiger partial charge < -0.3 is 10.1 Å². The predicted molar refractivity (Wildman–Crippen MR) is 70.2 cm³/mol. The third-order valence-electron chi connectivity index (χ3n) is 2.41. The van der Waals surface area contributed by atoms with Gasteiger partial charge in [-0.2, -0.15) is 0 Å².